The molecule has 0 radical (unpaired) electrons. The Labute approximate surface area is 54.0 Å². The van der Waals surface area contributed by atoms with Crippen LogP contribution in [0.2, 0.25) is 0 Å². The normalized spacial score (nSPS) is 8.50. The van der Waals surface area contributed by atoms with Crippen LogP contribution >= 0.6 is 15.9 Å². The van der Waals surface area contributed by atoms with Gasteiger partial charge in [0.1, 0.15) is 11.6 Å². The molecule has 1 aromatic heterocycles. The maximum Gasteiger partial charge on any atom is 0.219 e. The van der Waals surface area contributed by atoms with Crippen molar-refractivity contribution in [3.05, 3.63) is 16.4 Å². The summed E-state index contributed by atoms with van der Waals surface area (Å²) in [6.07, 6.45) is 1.35. The maximum absolute atomic E-state index is 8.23. The lowest BCUT2D eigenvalue weighted by molar-refractivity contribution is 0.400. The fraction of sp³-hybridized carbons (Fsp3) is 0. The molecule has 0 fully saturated rings. The predicted molar refractivity (Wildman–Crippen MR) is 28.9 cm³/mol. The van der Waals surface area contributed by atoms with Gasteiger partial charge in [0.15, 0.2) is 0 Å². The van der Waals surface area contributed by atoms with Crippen molar-refractivity contribution in [1.82, 2.24) is 5.16 Å². The Bertz CT molecular complexity index is 224. The minimum absolute atomic E-state index is 0.389. The number of hydrogen-bond acceptors (Lipinski definition) is 3. The van der Waals surface area contributed by atoms with Crippen molar-refractivity contribution in [3.8, 4) is 6.07 Å². The van der Waals surface area contributed by atoms with E-state index >= 15 is 0 Å². The molecule has 0 saturated heterocycles. The lowest BCUT2D eigenvalue weighted by atomic mass is 10.4. The van der Waals surface area contributed by atoms with E-state index in [1.807, 2.05) is 6.07 Å². The molecule has 0 aliphatic carbocycles. The van der Waals surface area contributed by atoms with Crippen LogP contribution in [0.25, 0.3) is 0 Å². The molecule has 0 bridgehead atoms. The van der Waals surface area contributed by atoms with Crippen molar-refractivity contribution < 1.29 is 4.52 Å². The molecule has 40 valence electrons. The summed E-state index contributed by atoms with van der Waals surface area (Å²) in [5, 5.41) is 11.6. The zero-order valence-electron chi connectivity index (χ0n) is 3.76. The second-order valence-corrected chi connectivity index (χ2v) is 1.85. The Morgan fingerprint density at radius 1 is 1.88 bits per heavy atom. The number of aromatic nitrogens is 1. The molecule has 0 aliphatic heterocycles. The summed E-state index contributed by atoms with van der Waals surface area (Å²) in [5.41, 5.74) is 0.421. The van der Waals surface area contributed by atoms with E-state index in [0.717, 1.165) is 0 Å². The molecule has 0 aromatic carbocycles. The summed E-state index contributed by atoms with van der Waals surface area (Å²) in [7, 11) is 0. The van der Waals surface area contributed by atoms with Gasteiger partial charge in [0.2, 0.25) is 4.67 Å². The third-order valence-corrected chi connectivity index (χ3v) is 1.22. The van der Waals surface area contributed by atoms with Gasteiger partial charge in [0.05, 0.1) is 6.20 Å². The first-order chi connectivity index (χ1) is 3.84. The van der Waals surface area contributed by atoms with E-state index in [1.54, 1.807) is 0 Å². The fourth-order valence-electron chi connectivity index (χ4n) is 0.298. The summed E-state index contributed by atoms with van der Waals surface area (Å²) in [6.45, 7) is 0. The molecule has 1 aromatic rings. The zero-order chi connectivity index (χ0) is 5.98. The van der Waals surface area contributed by atoms with Crippen LogP contribution in [0.4, 0.5) is 0 Å². The van der Waals surface area contributed by atoms with Gasteiger partial charge in [0.25, 0.3) is 0 Å². The molecule has 1 heterocycles. The van der Waals surface area contributed by atoms with E-state index < -0.39 is 0 Å². The molecular weight excluding hydrogens is 172 g/mol. The Kier molecular flexibility index (Phi) is 1.31. The Hall–Kier alpha value is -0.820. The molecular formula is C4HBrN2O. The van der Waals surface area contributed by atoms with E-state index in [-0.39, 0.29) is 0 Å². The highest BCUT2D eigenvalue weighted by Gasteiger charge is 1.99. The number of nitriles is 1. The van der Waals surface area contributed by atoms with E-state index in [9.17, 15) is 0 Å². The van der Waals surface area contributed by atoms with Crippen LogP contribution in [-0.2, 0) is 0 Å². The highest BCUT2D eigenvalue weighted by molar-refractivity contribution is 9.10. The van der Waals surface area contributed by atoms with Crippen molar-refractivity contribution in [3.63, 3.8) is 0 Å². The standard InChI is InChI=1S/C4HBrN2O/c5-4-3(1-6)2-7-8-4/h2H. The summed E-state index contributed by atoms with van der Waals surface area (Å²) >= 11 is 2.97. The van der Waals surface area contributed by atoms with Gasteiger partial charge < -0.3 is 4.52 Å². The highest BCUT2D eigenvalue weighted by atomic mass is 79.9. The first-order valence-corrected chi connectivity index (χ1v) is 2.64. The lowest BCUT2D eigenvalue weighted by Gasteiger charge is -1.70. The van der Waals surface area contributed by atoms with Crippen LogP contribution in [0.1, 0.15) is 5.56 Å². The third kappa shape index (κ3) is 0.724. The van der Waals surface area contributed by atoms with E-state index in [0.29, 0.717) is 10.2 Å². The average Bonchev–Trinajstić information content (AvgIpc) is 2.14. The molecule has 0 N–H and O–H groups in total. The van der Waals surface area contributed by atoms with Crippen molar-refractivity contribution in [2.24, 2.45) is 0 Å². The largest absolute Gasteiger partial charge is 0.348 e. The van der Waals surface area contributed by atoms with Crippen molar-refractivity contribution in [2.45, 2.75) is 0 Å². The quantitative estimate of drug-likeness (QED) is 0.594. The monoisotopic (exact) mass is 172 g/mol. The Morgan fingerprint density at radius 2 is 2.62 bits per heavy atom. The van der Waals surface area contributed by atoms with Crippen LogP contribution in [0.15, 0.2) is 15.4 Å². The number of hydrogen-bond donors (Lipinski definition) is 0. The van der Waals surface area contributed by atoms with Gasteiger partial charge in [-0.25, -0.2) is 0 Å². The summed E-state index contributed by atoms with van der Waals surface area (Å²) in [6, 6.07) is 1.87. The Balaban J connectivity index is 3.15. The molecule has 0 unspecified atom stereocenters. The number of nitrogens with zero attached hydrogens (tertiary/aromatic N) is 2. The fourth-order valence-corrected chi connectivity index (χ4v) is 0.573. The van der Waals surface area contributed by atoms with Crippen LogP contribution in [0, 0.1) is 11.3 Å². The van der Waals surface area contributed by atoms with Crippen molar-refractivity contribution in [1.29, 1.82) is 5.26 Å². The molecule has 3 nitrogen and oxygen atoms in total. The van der Waals surface area contributed by atoms with E-state index in [2.05, 4.69) is 25.6 Å². The van der Waals surface area contributed by atoms with Gasteiger partial charge in [-0.2, -0.15) is 5.26 Å². The second-order valence-electron chi connectivity index (χ2n) is 1.12. The SMILES string of the molecule is N#Cc1cnoc1Br. The van der Waals surface area contributed by atoms with Crippen LogP contribution < -0.4 is 0 Å². The zero-order valence-corrected chi connectivity index (χ0v) is 5.34. The van der Waals surface area contributed by atoms with Gasteiger partial charge in [-0.1, -0.05) is 5.16 Å². The smallest absolute Gasteiger partial charge is 0.219 e. The lowest BCUT2D eigenvalue weighted by Crippen LogP contribution is -1.61. The minimum Gasteiger partial charge on any atom is -0.348 e. The summed E-state index contributed by atoms with van der Waals surface area (Å²) in [5.74, 6) is 0. The molecule has 4 heteroatoms. The number of rotatable bonds is 0. The third-order valence-electron chi connectivity index (χ3n) is 0.647. The van der Waals surface area contributed by atoms with Gasteiger partial charge in [-0.15, -0.1) is 0 Å². The molecule has 0 saturated carbocycles. The van der Waals surface area contributed by atoms with Crippen molar-refractivity contribution >= 4 is 15.9 Å². The molecule has 0 aliphatic rings. The van der Waals surface area contributed by atoms with Gasteiger partial charge in [-0.05, 0) is 15.9 Å². The average molecular weight is 173 g/mol. The summed E-state index contributed by atoms with van der Waals surface area (Å²) < 4.78 is 4.89. The first-order valence-electron chi connectivity index (χ1n) is 1.85. The minimum atomic E-state index is 0.389. The molecule has 1 rings (SSSR count). The predicted octanol–water partition coefficient (Wildman–Crippen LogP) is 1.31. The Morgan fingerprint density at radius 3 is 2.88 bits per heavy atom. The van der Waals surface area contributed by atoms with Crippen LogP contribution in [0.3, 0.4) is 0 Å². The van der Waals surface area contributed by atoms with Gasteiger partial charge in [0, 0.05) is 0 Å². The van der Waals surface area contributed by atoms with Crippen LogP contribution in [0.5, 0.6) is 0 Å². The van der Waals surface area contributed by atoms with Crippen molar-refractivity contribution in [2.75, 3.05) is 0 Å². The molecule has 8 heavy (non-hydrogen) atoms. The van der Waals surface area contributed by atoms with Gasteiger partial charge in [-0.3, -0.25) is 0 Å². The van der Waals surface area contributed by atoms with E-state index in [1.165, 1.54) is 6.20 Å². The first kappa shape index (κ1) is 5.32. The molecule has 0 atom stereocenters. The topological polar surface area (TPSA) is 49.8 Å². The number of halogens is 1. The molecule has 0 amide bonds. The summed E-state index contributed by atoms with van der Waals surface area (Å²) in [4.78, 5) is 0. The van der Waals surface area contributed by atoms with Crippen LogP contribution in [-0.4, -0.2) is 5.16 Å². The highest BCUT2D eigenvalue weighted by Crippen LogP contribution is 2.12. The van der Waals surface area contributed by atoms with E-state index in [4.69, 9.17) is 5.26 Å². The van der Waals surface area contributed by atoms with Gasteiger partial charge >= 0.3 is 0 Å². The maximum atomic E-state index is 8.23. The second kappa shape index (κ2) is 1.97. The molecule has 0 spiro atoms.